The van der Waals surface area contributed by atoms with Gasteiger partial charge >= 0.3 is 0 Å². The van der Waals surface area contributed by atoms with Crippen LogP contribution in [0.3, 0.4) is 0 Å². The molecule has 1 N–H and O–H groups in total. The number of nitrogens with zero attached hydrogens (tertiary/aromatic N) is 2. The zero-order valence-corrected chi connectivity index (χ0v) is 13.5. The van der Waals surface area contributed by atoms with Gasteiger partial charge < -0.3 is 10.2 Å². The van der Waals surface area contributed by atoms with Gasteiger partial charge in [0.05, 0.1) is 10.6 Å². The Bertz CT molecular complexity index is 495. The number of thioether (sulfide) groups is 1. The summed E-state index contributed by atoms with van der Waals surface area (Å²) in [6.45, 7) is 2.36. The zero-order valence-electron chi connectivity index (χ0n) is 11.9. The van der Waals surface area contributed by atoms with Gasteiger partial charge in [-0.2, -0.15) is 0 Å². The summed E-state index contributed by atoms with van der Waals surface area (Å²) >= 11 is 7.98. The van der Waals surface area contributed by atoms with Crippen LogP contribution in [0.25, 0.3) is 0 Å². The van der Waals surface area contributed by atoms with Crippen LogP contribution in [-0.2, 0) is 4.79 Å². The number of likely N-dealkylation sites (tertiary alicyclic amines) is 1. The van der Waals surface area contributed by atoms with E-state index in [4.69, 9.17) is 11.6 Å². The fourth-order valence-electron chi connectivity index (χ4n) is 2.85. The standard InChI is InChI=1S/C15H20ClN3OS/c16-14-12(15(20)19-5-3-1-2-4-6-19)7-13(21-14)11-8-17-10-18-9-11/h7-9,12,14,17H,1-6,10H2. The Labute approximate surface area is 134 Å². The number of rotatable bonds is 2. The first-order valence-electron chi connectivity index (χ1n) is 7.51. The van der Waals surface area contributed by atoms with Crippen molar-refractivity contribution < 1.29 is 4.79 Å². The molecule has 3 aliphatic heterocycles. The highest BCUT2D eigenvalue weighted by Gasteiger charge is 2.35. The van der Waals surface area contributed by atoms with Gasteiger partial charge in [-0.05, 0) is 12.8 Å². The minimum Gasteiger partial charge on any atom is -0.372 e. The van der Waals surface area contributed by atoms with Crippen molar-refractivity contribution in [3.63, 3.8) is 0 Å². The third-order valence-corrected chi connectivity index (χ3v) is 5.69. The second-order valence-electron chi connectivity index (χ2n) is 5.54. The maximum Gasteiger partial charge on any atom is 0.231 e. The predicted octanol–water partition coefficient (Wildman–Crippen LogP) is 2.72. The smallest absolute Gasteiger partial charge is 0.231 e. The third kappa shape index (κ3) is 3.46. The van der Waals surface area contributed by atoms with Gasteiger partial charge in [-0.25, -0.2) is 0 Å². The molecule has 1 fully saturated rings. The highest BCUT2D eigenvalue weighted by molar-refractivity contribution is 8.05. The van der Waals surface area contributed by atoms with Crippen LogP contribution in [0, 0.1) is 5.92 Å². The maximum atomic E-state index is 12.7. The van der Waals surface area contributed by atoms with Crippen LogP contribution in [0.4, 0.5) is 0 Å². The van der Waals surface area contributed by atoms with E-state index in [2.05, 4.69) is 10.3 Å². The van der Waals surface area contributed by atoms with Crippen LogP contribution >= 0.6 is 23.4 Å². The highest BCUT2D eigenvalue weighted by Crippen LogP contribution is 2.43. The van der Waals surface area contributed by atoms with Crippen LogP contribution in [0.2, 0.25) is 0 Å². The minimum absolute atomic E-state index is 0.181. The molecule has 2 unspecified atom stereocenters. The molecule has 3 aliphatic rings. The molecule has 6 heteroatoms. The van der Waals surface area contributed by atoms with Crippen molar-refractivity contribution >= 4 is 35.5 Å². The summed E-state index contributed by atoms with van der Waals surface area (Å²) in [6, 6.07) is 0. The molecule has 0 aromatic rings. The average molecular weight is 326 g/mol. The lowest BCUT2D eigenvalue weighted by molar-refractivity contribution is -0.133. The number of hydrogen-bond acceptors (Lipinski definition) is 4. The van der Waals surface area contributed by atoms with Gasteiger partial charge in [-0.15, -0.1) is 23.4 Å². The summed E-state index contributed by atoms with van der Waals surface area (Å²) in [7, 11) is 0. The Morgan fingerprint density at radius 1 is 1.33 bits per heavy atom. The maximum absolute atomic E-state index is 12.7. The molecule has 0 saturated carbocycles. The molecule has 0 aromatic carbocycles. The van der Waals surface area contributed by atoms with E-state index in [1.165, 1.54) is 12.8 Å². The van der Waals surface area contributed by atoms with E-state index in [-0.39, 0.29) is 16.5 Å². The van der Waals surface area contributed by atoms with Crippen molar-refractivity contribution in [3.8, 4) is 0 Å². The lowest BCUT2D eigenvalue weighted by Crippen LogP contribution is -2.37. The quantitative estimate of drug-likeness (QED) is 0.794. The Kier molecular flexibility index (Phi) is 4.91. The monoisotopic (exact) mass is 325 g/mol. The molecular weight excluding hydrogens is 306 g/mol. The lowest BCUT2D eigenvalue weighted by atomic mass is 10.1. The van der Waals surface area contributed by atoms with Crippen molar-refractivity contribution in [2.24, 2.45) is 10.9 Å². The minimum atomic E-state index is -0.221. The number of hydrogen-bond donors (Lipinski definition) is 1. The third-order valence-electron chi connectivity index (χ3n) is 4.01. The number of nitrogens with one attached hydrogen (secondary N) is 1. The number of aliphatic imine (C=N–C) groups is 1. The zero-order chi connectivity index (χ0) is 14.7. The highest BCUT2D eigenvalue weighted by atomic mass is 35.5. The van der Waals surface area contributed by atoms with E-state index in [9.17, 15) is 4.79 Å². The second kappa shape index (κ2) is 6.88. The van der Waals surface area contributed by atoms with Gasteiger partial charge in [0.15, 0.2) is 0 Å². The van der Waals surface area contributed by atoms with Crippen molar-refractivity contribution in [3.05, 3.63) is 22.8 Å². The molecule has 0 aromatic heterocycles. The number of amides is 1. The molecule has 1 saturated heterocycles. The number of carbonyl (C=O) groups is 1. The molecule has 1 amide bonds. The molecule has 0 bridgehead atoms. The van der Waals surface area contributed by atoms with E-state index < -0.39 is 0 Å². The lowest BCUT2D eigenvalue weighted by Gasteiger charge is -2.24. The number of halogens is 1. The topological polar surface area (TPSA) is 44.7 Å². The van der Waals surface area contributed by atoms with Crippen molar-refractivity contribution in [1.82, 2.24) is 10.2 Å². The Balaban J connectivity index is 1.72. The summed E-state index contributed by atoms with van der Waals surface area (Å²) in [4.78, 5) is 20.0. The predicted molar refractivity (Wildman–Crippen MR) is 88.4 cm³/mol. The van der Waals surface area contributed by atoms with Gasteiger partial charge in [0.25, 0.3) is 0 Å². The molecule has 21 heavy (non-hydrogen) atoms. The molecule has 114 valence electrons. The van der Waals surface area contributed by atoms with Crippen LogP contribution < -0.4 is 5.32 Å². The van der Waals surface area contributed by atoms with Crippen LogP contribution in [-0.4, -0.2) is 41.5 Å². The van der Waals surface area contributed by atoms with Gasteiger partial charge in [-0.3, -0.25) is 9.79 Å². The van der Waals surface area contributed by atoms with Gasteiger partial charge in [0.1, 0.15) is 6.67 Å². The summed E-state index contributed by atoms with van der Waals surface area (Å²) in [6.07, 6.45) is 10.5. The molecule has 4 nitrogen and oxygen atoms in total. The Morgan fingerprint density at radius 2 is 2.10 bits per heavy atom. The van der Waals surface area contributed by atoms with E-state index in [1.54, 1.807) is 11.8 Å². The van der Waals surface area contributed by atoms with Gasteiger partial charge in [-0.1, -0.05) is 18.9 Å². The van der Waals surface area contributed by atoms with E-state index in [0.29, 0.717) is 6.67 Å². The normalized spacial score (nSPS) is 29.5. The fourth-order valence-corrected chi connectivity index (χ4v) is 4.37. The van der Waals surface area contributed by atoms with Crippen LogP contribution in [0.5, 0.6) is 0 Å². The summed E-state index contributed by atoms with van der Waals surface area (Å²) < 4.78 is -0.216. The number of alkyl halides is 1. The molecular formula is C15H20ClN3OS. The van der Waals surface area contributed by atoms with Crippen molar-refractivity contribution in [1.29, 1.82) is 0 Å². The van der Waals surface area contributed by atoms with Gasteiger partial charge in [0.2, 0.25) is 5.91 Å². The summed E-state index contributed by atoms with van der Waals surface area (Å²) in [5.74, 6) is -0.0401. The van der Waals surface area contributed by atoms with Gasteiger partial charge in [0, 0.05) is 36.0 Å². The first-order chi connectivity index (χ1) is 10.3. The second-order valence-corrected chi connectivity index (χ2v) is 7.45. The van der Waals surface area contributed by atoms with Crippen molar-refractivity contribution in [2.45, 2.75) is 30.4 Å². The largest absolute Gasteiger partial charge is 0.372 e. The Morgan fingerprint density at radius 3 is 2.76 bits per heavy atom. The fraction of sp³-hybridized carbons (Fsp3) is 0.600. The molecule has 3 rings (SSSR count). The van der Waals surface area contributed by atoms with Crippen molar-refractivity contribution in [2.75, 3.05) is 19.8 Å². The average Bonchev–Trinajstić information content (AvgIpc) is 2.74. The summed E-state index contributed by atoms with van der Waals surface area (Å²) in [5, 5.41) is 3.09. The first-order valence-corrected chi connectivity index (χ1v) is 8.82. The number of allylic oxidation sites excluding steroid dienone is 1. The first kappa shape index (κ1) is 15.0. The molecule has 0 aliphatic carbocycles. The van der Waals surface area contributed by atoms with E-state index in [0.717, 1.165) is 36.4 Å². The molecule has 3 heterocycles. The summed E-state index contributed by atoms with van der Waals surface area (Å²) in [5.41, 5.74) is 1.02. The molecule has 0 radical (unpaired) electrons. The Hall–Kier alpha value is -0.940. The van der Waals surface area contributed by atoms with Crippen LogP contribution in [0.15, 0.2) is 27.7 Å². The molecule has 2 atom stereocenters. The van der Waals surface area contributed by atoms with E-state index >= 15 is 0 Å². The van der Waals surface area contributed by atoms with E-state index in [1.807, 2.05) is 23.4 Å². The number of carbonyl (C=O) groups excluding carboxylic acids is 1. The SMILES string of the molecule is O=C(C1C=C(C2=CNCN=C2)SC1Cl)N1CCCCCC1. The van der Waals surface area contributed by atoms with Crippen LogP contribution in [0.1, 0.15) is 25.7 Å². The molecule has 0 spiro atoms.